The zero-order chi connectivity index (χ0) is 17.4. The second-order valence-electron chi connectivity index (χ2n) is 6.64. The summed E-state index contributed by atoms with van der Waals surface area (Å²) in [6.07, 6.45) is 6.34. The molecule has 4 heteroatoms. The van der Waals surface area contributed by atoms with Crippen molar-refractivity contribution in [1.82, 2.24) is 0 Å². The van der Waals surface area contributed by atoms with Crippen LogP contribution < -0.4 is 4.46 Å². The molecular weight excluding hydrogens is 395 g/mol. The van der Waals surface area contributed by atoms with Gasteiger partial charge < -0.3 is 0 Å². The number of benzene rings is 2. The fraction of sp³-hybridized carbons (Fsp3) is 0.238. The Balaban J connectivity index is 1.82. The average Bonchev–Trinajstić information content (AvgIpc) is 2.63. The second-order valence-corrected chi connectivity index (χ2v) is 10.9. The van der Waals surface area contributed by atoms with Crippen molar-refractivity contribution in [1.29, 1.82) is 0 Å². The van der Waals surface area contributed by atoms with Crippen LogP contribution in [0.3, 0.4) is 0 Å². The summed E-state index contributed by atoms with van der Waals surface area (Å²) < 4.78 is 29.2. The molecule has 2 bridgehead atoms. The van der Waals surface area contributed by atoms with Gasteiger partial charge in [0.2, 0.25) is 0 Å². The van der Waals surface area contributed by atoms with Crippen molar-refractivity contribution < 1.29 is 8.42 Å². The molecule has 0 amide bonds. The number of hydrogen-bond acceptors (Lipinski definition) is 2. The molecule has 3 aliphatic carbocycles. The Bertz CT molecular complexity index is 941. The molecule has 0 spiro atoms. The third-order valence-electron chi connectivity index (χ3n) is 4.87. The Labute approximate surface area is 155 Å². The molecule has 128 valence electrons. The summed E-state index contributed by atoms with van der Waals surface area (Å²) in [5, 5.41) is 0. The van der Waals surface area contributed by atoms with Crippen molar-refractivity contribution in [2.24, 2.45) is 11.8 Å². The van der Waals surface area contributed by atoms with Gasteiger partial charge in [0.05, 0.1) is 0 Å². The zero-order valence-corrected chi connectivity index (χ0v) is 16.6. The third-order valence-corrected chi connectivity index (χ3v) is 9.78. The van der Waals surface area contributed by atoms with E-state index in [1.54, 1.807) is 12.1 Å². The second kappa shape index (κ2) is 6.60. The molecule has 0 aliphatic heterocycles. The van der Waals surface area contributed by atoms with Crippen LogP contribution in [0.1, 0.15) is 18.4 Å². The van der Waals surface area contributed by atoms with E-state index in [1.807, 2.05) is 37.3 Å². The van der Waals surface area contributed by atoms with Crippen LogP contribution >= 0.6 is 0 Å². The Morgan fingerprint density at radius 1 is 0.880 bits per heavy atom. The van der Waals surface area contributed by atoms with Crippen molar-refractivity contribution >= 4 is 29.3 Å². The molecule has 5 rings (SSSR count). The molecule has 2 aromatic carbocycles. The number of allylic oxidation sites excluding steroid dienone is 4. The van der Waals surface area contributed by atoms with Gasteiger partial charge in [-0.1, -0.05) is 0 Å². The predicted molar refractivity (Wildman–Crippen MR) is 103 cm³/mol. The molecule has 2 aromatic rings. The SMILES string of the molecule is Cc1ccc(S(=O)(=O)C2=C([Se]c3ccccc3)C3C=CC2CC3)cc1. The first-order valence-corrected chi connectivity index (χ1v) is 11.7. The van der Waals surface area contributed by atoms with E-state index in [4.69, 9.17) is 0 Å². The Hall–Kier alpha value is -1.61. The number of aryl methyl sites for hydroxylation is 1. The molecular formula is C21H20O2SSe. The van der Waals surface area contributed by atoms with Crippen LogP contribution in [0, 0.1) is 18.8 Å². The molecule has 2 unspecified atom stereocenters. The van der Waals surface area contributed by atoms with Gasteiger partial charge in [-0.2, -0.15) is 0 Å². The molecule has 3 aliphatic rings. The van der Waals surface area contributed by atoms with E-state index in [0.29, 0.717) is 9.80 Å². The maximum atomic E-state index is 13.4. The number of sulfone groups is 1. The van der Waals surface area contributed by atoms with Crippen LogP contribution in [0.4, 0.5) is 0 Å². The van der Waals surface area contributed by atoms with Gasteiger partial charge in [-0.15, -0.1) is 0 Å². The van der Waals surface area contributed by atoms with Gasteiger partial charge >= 0.3 is 156 Å². The van der Waals surface area contributed by atoms with E-state index in [0.717, 1.165) is 22.9 Å². The van der Waals surface area contributed by atoms with E-state index in [2.05, 4.69) is 24.3 Å². The number of fused-ring (bicyclic) bond motifs is 1. The molecule has 25 heavy (non-hydrogen) atoms. The van der Waals surface area contributed by atoms with Crippen molar-refractivity contribution in [3.05, 3.63) is 81.7 Å². The van der Waals surface area contributed by atoms with Crippen molar-refractivity contribution in [3.8, 4) is 0 Å². The molecule has 0 saturated heterocycles. The molecule has 0 fully saturated rings. The Morgan fingerprint density at radius 3 is 2.16 bits per heavy atom. The molecule has 2 nitrogen and oxygen atoms in total. The standard InChI is InChI=1S/C21H20O2SSe/c1-15-7-13-18(14-8-15)24(22,23)20-16-9-11-17(12-10-16)21(20)25-19-5-3-2-4-6-19/h2-9,11,13-14,16-17H,10,12H2,1H3. The normalized spacial score (nSPS) is 22.4. The minimum absolute atomic E-state index is 0.0388. The summed E-state index contributed by atoms with van der Waals surface area (Å²) >= 11 is 0.0441. The van der Waals surface area contributed by atoms with Crippen LogP contribution in [-0.2, 0) is 9.84 Å². The zero-order valence-electron chi connectivity index (χ0n) is 14.1. The number of hydrogen-bond donors (Lipinski definition) is 0. The molecule has 0 heterocycles. The van der Waals surface area contributed by atoms with E-state index in [9.17, 15) is 8.42 Å². The van der Waals surface area contributed by atoms with Gasteiger partial charge in [-0.25, -0.2) is 0 Å². The monoisotopic (exact) mass is 416 g/mol. The predicted octanol–water partition coefficient (Wildman–Crippen LogP) is 3.61. The van der Waals surface area contributed by atoms with E-state index in [-0.39, 0.29) is 26.8 Å². The van der Waals surface area contributed by atoms with Gasteiger partial charge in [0.25, 0.3) is 0 Å². The van der Waals surface area contributed by atoms with Crippen LogP contribution in [0.5, 0.6) is 0 Å². The van der Waals surface area contributed by atoms with Crippen LogP contribution in [0.15, 0.2) is 81.0 Å². The maximum absolute atomic E-state index is 13.4. The average molecular weight is 415 g/mol. The topological polar surface area (TPSA) is 34.1 Å². The summed E-state index contributed by atoms with van der Waals surface area (Å²) in [4.78, 5) is 1.11. The fourth-order valence-electron chi connectivity index (χ4n) is 3.54. The summed E-state index contributed by atoms with van der Waals surface area (Å²) in [6, 6.07) is 17.5. The van der Waals surface area contributed by atoms with E-state index >= 15 is 0 Å². The van der Waals surface area contributed by atoms with Gasteiger partial charge in [0.1, 0.15) is 0 Å². The fourth-order valence-corrected chi connectivity index (χ4v) is 8.61. The summed E-state index contributed by atoms with van der Waals surface area (Å²) in [5.74, 6) is 0.317. The van der Waals surface area contributed by atoms with Crippen molar-refractivity contribution in [2.45, 2.75) is 24.7 Å². The Kier molecular flexibility index (Phi) is 4.45. The van der Waals surface area contributed by atoms with E-state index in [1.165, 1.54) is 4.46 Å². The van der Waals surface area contributed by atoms with Gasteiger partial charge in [0.15, 0.2) is 0 Å². The van der Waals surface area contributed by atoms with Crippen LogP contribution in [0.2, 0.25) is 0 Å². The Morgan fingerprint density at radius 2 is 1.52 bits per heavy atom. The van der Waals surface area contributed by atoms with Crippen LogP contribution in [-0.4, -0.2) is 23.4 Å². The first kappa shape index (κ1) is 16.8. The first-order valence-electron chi connectivity index (χ1n) is 8.53. The van der Waals surface area contributed by atoms with Crippen molar-refractivity contribution in [3.63, 3.8) is 0 Å². The quantitative estimate of drug-likeness (QED) is 0.565. The summed E-state index contributed by atoms with van der Waals surface area (Å²) in [5.41, 5.74) is 1.08. The first-order chi connectivity index (χ1) is 12.1. The molecule has 0 aromatic heterocycles. The van der Waals surface area contributed by atoms with Crippen LogP contribution in [0.25, 0.3) is 0 Å². The molecule has 0 saturated carbocycles. The minimum atomic E-state index is -3.43. The molecule has 0 N–H and O–H groups in total. The molecule has 0 radical (unpaired) electrons. The van der Waals surface area contributed by atoms with Gasteiger partial charge in [-0.3, -0.25) is 0 Å². The van der Waals surface area contributed by atoms with Gasteiger partial charge in [0, 0.05) is 0 Å². The third kappa shape index (κ3) is 3.15. The van der Waals surface area contributed by atoms with E-state index < -0.39 is 9.84 Å². The summed E-state index contributed by atoms with van der Waals surface area (Å²) in [6.45, 7) is 1.98. The molecule has 2 atom stereocenters. The van der Waals surface area contributed by atoms with Crippen molar-refractivity contribution in [2.75, 3.05) is 0 Å². The summed E-state index contributed by atoms with van der Waals surface area (Å²) in [7, 11) is -3.43. The number of rotatable bonds is 4. The van der Waals surface area contributed by atoms with Gasteiger partial charge in [-0.05, 0) is 0 Å².